The van der Waals surface area contributed by atoms with Crippen LogP contribution >= 0.6 is 0 Å². The number of methoxy groups -OCH3 is 1. The largest absolute Gasteiger partial charge is 0.550 e. The molecule has 1 aromatic carbocycles. The van der Waals surface area contributed by atoms with Gasteiger partial charge in [-0.15, -0.1) is 0 Å². The van der Waals surface area contributed by atoms with Gasteiger partial charge in [0.05, 0.1) is 13.2 Å². The molecule has 5 nitrogen and oxygen atoms in total. The molecule has 1 aromatic rings. The Morgan fingerprint density at radius 3 is 2.55 bits per heavy atom. The Balaban J connectivity index is 2.38. The van der Waals surface area contributed by atoms with Crippen LogP contribution in [0.15, 0.2) is 24.3 Å². The molecule has 0 saturated carbocycles. The first-order valence-electron chi connectivity index (χ1n) is 6.72. The van der Waals surface area contributed by atoms with Crippen LogP contribution in [0.25, 0.3) is 0 Å². The first-order valence-corrected chi connectivity index (χ1v) is 6.72. The number of amides is 1. The van der Waals surface area contributed by atoms with E-state index in [-0.39, 0.29) is 12.3 Å². The first kappa shape index (κ1) is 14.4. The monoisotopic (exact) mass is 276 g/mol. The maximum absolute atomic E-state index is 12.0. The molecule has 0 bridgehead atoms. The summed E-state index contributed by atoms with van der Waals surface area (Å²) in [6.45, 7) is 2.34. The number of carboxylic acids is 1. The van der Waals surface area contributed by atoms with Crippen molar-refractivity contribution in [2.75, 3.05) is 13.7 Å². The Morgan fingerprint density at radius 1 is 1.40 bits per heavy atom. The number of carbonyl (C=O) groups is 2. The highest BCUT2D eigenvalue weighted by Gasteiger charge is 2.36. The molecular formula is C15H18NO4-. The van der Waals surface area contributed by atoms with Gasteiger partial charge in [0.15, 0.2) is 0 Å². The van der Waals surface area contributed by atoms with Crippen molar-refractivity contribution in [2.24, 2.45) is 5.92 Å². The minimum Gasteiger partial charge on any atom is -0.550 e. The van der Waals surface area contributed by atoms with Gasteiger partial charge in [0.1, 0.15) is 5.75 Å². The highest BCUT2D eigenvalue weighted by Crippen LogP contribution is 2.36. The van der Waals surface area contributed by atoms with Gasteiger partial charge in [0.25, 0.3) is 0 Å². The fraction of sp³-hybridized carbons (Fsp3) is 0.467. The lowest BCUT2D eigenvalue weighted by Gasteiger charge is -2.41. The van der Waals surface area contributed by atoms with Crippen LogP contribution < -0.4 is 9.84 Å². The number of aliphatic carboxylic acids is 1. The molecule has 0 spiro atoms. The SMILES string of the molecule is CCN1C(=O)CC[C@@H](C(=O)[O-])[C@H]1c1ccc(OC)cc1. The third-order valence-electron chi connectivity index (χ3n) is 3.81. The number of nitrogens with zero attached hydrogens (tertiary/aromatic N) is 1. The summed E-state index contributed by atoms with van der Waals surface area (Å²) < 4.78 is 5.10. The smallest absolute Gasteiger partial charge is 0.223 e. The summed E-state index contributed by atoms with van der Waals surface area (Å²) >= 11 is 0. The van der Waals surface area contributed by atoms with Gasteiger partial charge >= 0.3 is 0 Å². The Hall–Kier alpha value is -2.04. The molecule has 108 valence electrons. The van der Waals surface area contributed by atoms with Crippen molar-refractivity contribution in [2.45, 2.75) is 25.8 Å². The van der Waals surface area contributed by atoms with Crippen LogP contribution in [0, 0.1) is 5.92 Å². The molecule has 20 heavy (non-hydrogen) atoms. The third kappa shape index (κ3) is 2.61. The van der Waals surface area contributed by atoms with Crippen molar-refractivity contribution in [3.8, 4) is 5.75 Å². The predicted octanol–water partition coefficient (Wildman–Crippen LogP) is 0.745. The normalized spacial score (nSPS) is 22.7. The van der Waals surface area contributed by atoms with E-state index in [0.717, 1.165) is 5.56 Å². The molecule has 1 fully saturated rings. The molecule has 1 amide bonds. The van der Waals surface area contributed by atoms with Gasteiger partial charge in [-0.05, 0) is 31.0 Å². The zero-order chi connectivity index (χ0) is 14.7. The quantitative estimate of drug-likeness (QED) is 0.813. The second-order valence-electron chi connectivity index (χ2n) is 4.86. The van der Waals surface area contributed by atoms with Crippen LogP contribution in [0.2, 0.25) is 0 Å². The van der Waals surface area contributed by atoms with E-state index >= 15 is 0 Å². The molecule has 0 N–H and O–H groups in total. The molecule has 5 heteroatoms. The van der Waals surface area contributed by atoms with Gasteiger partial charge in [-0.3, -0.25) is 4.79 Å². The number of carbonyl (C=O) groups excluding carboxylic acids is 2. The molecule has 0 unspecified atom stereocenters. The summed E-state index contributed by atoms with van der Waals surface area (Å²) in [5, 5.41) is 11.4. The lowest BCUT2D eigenvalue weighted by molar-refractivity contribution is -0.314. The van der Waals surface area contributed by atoms with Gasteiger partial charge in [-0.1, -0.05) is 12.1 Å². The average Bonchev–Trinajstić information content (AvgIpc) is 2.46. The fourth-order valence-corrected chi connectivity index (χ4v) is 2.79. The maximum atomic E-state index is 12.0. The topological polar surface area (TPSA) is 69.7 Å². The van der Waals surface area contributed by atoms with Crippen LogP contribution in [-0.4, -0.2) is 30.4 Å². The highest BCUT2D eigenvalue weighted by atomic mass is 16.5. The summed E-state index contributed by atoms with van der Waals surface area (Å²) in [5.41, 5.74) is 0.801. The van der Waals surface area contributed by atoms with Crippen LogP contribution in [0.3, 0.4) is 0 Å². The van der Waals surface area contributed by atoms with E-state index in [9.17, 15) is 14.7 Å². The second-order valence-corrected chi connectivity index (χ2v) is 4.86. The number of hydrogen-bond donors (Lipinski definition) is 0. The van der Waals surface area contributed by atoms with Gasteiger partial charge in [-0.2, -0.15) is 0 Å². The lowest BCUT2D eigenvalue weighted by Crippen LogP contribution is -2.48. The summed E-state index contributed by atoms with van der Waals surface area (Å²) in [7, 11) is 1.57. The number of carboxylic acid groups (broad SMARTS) is 1. The van der Waals surface area contributed by atoms with E-state index in [0.29, 0.717) is 18.7 Å². The number of benzene rings is 1. The number of likely N-dealkylation sites (tertiary alicyclic amines) is 1. The second kappa shape index (κ2) is 5.94. The number of ether oxygens (including phenoxy) is 1. The Morgan fingerprint density at radius 2 is 2.05 bits per heavy atom. The van der Waals surface area contributed by atoms with Crippen molar-refractivity contribution in [3.63, 3.8) is 0 Å². The molecule has 1 aliphatic rings. The van der Waals surface area contributed by atoms with Crippen molar-refractivity contribution < 1.29 is 19.4 Å². The van der Waals surface area contributed by atoms with Crippen LogP contribution in [0.5, 0.6) is 5.75 Å². The van der Waals surface area contributed by atoms with Gasteiger partial charge < -0.3 is 19.5 Å². The highest BCUT2D eigenvalue weighted by molar-refractivity contribution is 5.81. The number of hydrogen-bond acceptors (Lipinski definition) is 4. The van der Waals surface area contributed by atoms with Crippen molar-refractivity contribution >= 4 is 11.9 Å². The third-order valence-corrected chi connectivity index (χ3v) is 3.81. The van der Waals surface area contributed by atoms with Crippen LogP contribution in [0.4, 0.5) is 0 Å². The summed E-state index contributed by atoms with van der Waals surface area (Å²) in [5.74, 6) is -1.08. The first-order chi connectivity index (χ1) is 9.58. The zero-order valence-electron chi connectivity index (χ0n) is 11.7. The van der Waals surface area contributed by atoms with Crippen molar-refractivity contribution in [1.82, 2.24) is 4.90 Å². The summed E-state index contributed by atoms with van der Waals surface area (Å²) in [6.07, 6.45) is 0.591. The average molecular weight is 276 g/mol. The lowest BCUT2D eigenvalue weighted by atomic mass is 9.84. The van der Waals surface area contributed by atoms with Gasteiger partial charge in [-0.25, -0.2) is 0 Å². The number of rotatable bonds is 4. The zero-order valence-corrected chi connectivity index (χ0v) is 11.7. The molecule has 2 rings (SSSR count). The molecule has 0 radical (unpaired) electrons. The fourth-order valence-electron chi connectivity index (χ4n) is 2.79. The van der Waals surface area contributed by atoms with Crippen LogP contribution in [0.1, 0.15) is 31.4 Å². The van der Waals surface area contributed by atoms with E-state index in [1.807, 2.05) is 6.92 Å². The molecule has 1 saturated heterocycles. The predicted molar refractivity (Wildman–Crippen MR) is 70.9 cm³/mol. The summed E-state index contributed by atoms with van der Waals surface area (Å²) in [4.78, 5) is 25.0. The van der Waals surface area contributed by atoms with E-state index in [4.69, 9.17) is 4.74 Å². The Kier molecular flexibility index (Phi) is 4.27. The van der Waals surface area contributed by atoms with Crippen LogP contribution in [-0.2, 0) is 9.59 Å². The molecule has 0 aromatic heterocycles. The van der Waals surface area contributed by atoms with Gasteiger partial charge in [0, 0.05) is 24.9 Å². The standard InChI is InChI=1S/C15H19NO4/c1-3-16-13(17)9-8-12(15(18)19)14(16)10-4-6-11(20-2)7-5-10/h4-7,12,14H,3,8-9H2,1-2H3,(H,18,19)/p-1/t12-,14-/m1/s1. The minimum atomic E-state index is -1.10. The Labute approximate surface area is 118 Å². The maximum Gasteiger partial charge on any atom is 0.223 e. The number of piperidine rings is 1. The molecule has 1 heterocycles. The van der Waals surface area contributed by atoms with Crippen molar-refractivity contribution in [3.05, 3.63) is 29.8 Å². The van der Waals surface area contributed by atoms with E-state index in [1.165, 1.54) is 0 Å². The summed E-state index contributed by atoms with van der Waals surface area (Å²) in [6, 6.07) is 6.70. The molecule has 1 aliphatic heterocycles. The van der Waals surface area contributed by atoms with E-state index in [1.54, 1.807) is 36.3 Å². The molecule has 2 atom stereocenters. The van der Waals surface area contributed by atoms with E-state index in [2.05, 4.69) is 0 Å². The minimum absolute atomic E-state index is 0.00850. The van der Waals surface area contributed by atoms with E-state index < -0.39 is 17.9 Å². The Bertz CT molecular complexity index is 495. The van der Waals surface area contributed by atoms with Gasteiger partial charge in [0.2, 0.25) is 5.91 Å². The molecular weight excluding hydrogens is 258 g/mol. The van der Waals surface area contributed by atoms with Crippen molar-refractivity contribution in [1.29, 1.82) is 0 Å². The molecule has 0 aliphatic carbocycles.